The molecule has 2 atom stereocenters. The van der Waals surface area contributed by atoms with Crippen LogP contribution < -0.4 is 16.0 Å². The molecule has 5 nitrogen and oxygen atoms in total. The van der Waals surface area contributed by atoms with Gasteiger partial charge >= 0.3 is 0 Å². The molecule has 0 radical (unpaired) electrons. The van der Waals surface area contributed by atoms with Crippen molar-refractivity contribution < 1.29 is 9.59 Å². The fraction of sp³-hybridized carbons (Fsp3) is 0.900. The summed E-state index contributed by atoms with van der Waals surface area (Å²) in [7, 11) is 0. The number of rotatable bonds is 5. The topological polar surface area (TPSA) is 70.2 Å². The molecule has 2 amide bonds. The Hall–Kier alpha value is -1.10. The molecule has 1 aliphatic heterocycles. The lowest BCUT2D eigenvalue weighted by Gasteiger charge is -2.56. The van der Waals surface area contributed by atoms with Crippen LogP contribution in [0.25, 0.3) is 0 Å². The summed E-state index contributed by atoms with van der Waals surface area (Å²) in [5.74, 6) is 2.61. The van der Waals surface area contributed by atoms with Crippen molar-refractivity contribution in [3.8, 4) is 0 Å². The number of amides is 2. The average molecular weight is 348 g/mol. The molecular formula is C20H33N3O2. The fourth-order valence-corrected chi connectivity index (χ4v) is 6.59. The zero-order valence-corrected chi connectivity index (χ0v) is 15.5. The van der Waals surface area contributed by atoms with Gasteiger partial charge < -0.3 is 16.0 Å². The van der Waals surface area contributed by atoms with Crippen LogP contribution in [0.2, 0.25) is 0 Å². The van der Waals surface area contributed by atoms with Gasteiger partial charge in [-0.15, -0.1) is 0 Å². The van der Waals surface area contributed by atoms with Crippen molar-refractivity contribution in [2.45, 2.75) is 76.8 Å². The first kappa shape index (κ1) is 17.3. The van der Waals surface area contributed by atoms with E-state index in [2.05, 4.69) is 22.9 Å². The molecule has 0 aromatic carbocycles. The molecular weight excluding hydrogens is 314 g/mol. The molecule has 5 aliphatic rings. The molecule has 4 aliphatic carbocycles. The second kappa shape index (κ2) is 6.90. The molecule has 1 heterocycles. The van der Waals surface area contributed by atoms with Gasteiger partial charge in [0.2, 0.25) is 11.8 Å². The van der Waals surface area contributed by atoms with E-state index >= 15 is 0 Å². The third-order valence-corrected chi connectivity index (χ3v) is 7.25. The van der Waals surface area contributed by atoms with Crippen molar-refractivity contribution in [3.63, 3.8) is 0 Å². The van der Waals surface area contributed by atoms with E-state index in [0.29, 0.717) is 12.5 Å². The summed E-state index contributed by atoms with van der Waals surface area (Å²) in [4.78, 5) is 24.7. The van der Waals surface area contributed by atoms with Crippen molar-refractivity contribution in [1.82, 2.24) is 16.0 Å². The largest absolute Gasteiger partial charge is 0.350 e. The summed E-state index contributed by atoms with van der Waals surface area (Å²) in [6, 6.07) is 0.488. The fourth-order valence-electron chi connectivity index (χ4n) is 6.59. The van der Waals surface area contributed by atoms with Crippen molar-refractivity contribution in [2.24, 2.45) is 23.2 Å². The second-order valence-corrected chi connectivity index (χ2v) is 9.43. The molecule has 5 heteroatoms. The van der Waals surface area contributed by atoms with E-state index in [9.17, 15) is 9.59 Å². The zero-order chi connectivity index (χ0) is 17.4. The van der Waals surface area contributed by atoms with E-state index in [4.69, 9.17) is 0 Å². The van der Waals surface area contributed by atoms with Gasteiger partial charge in [-0.05, 0) is 88.0 Å². The molecule has 0 aromatic rings. The first-order valence-electron chi connectivity index (χ1n) is 10.3. The maximum atomic E-state index is 12.5. The zero-order valence-electron chi connectivity index (χ0n) is 15.5. The van der Waals surface area contributed by atoms with E-state index in [1.165, 1.54) is 38.5 Å². The Labute approximate surface area is 151 Å². The second-order valence-electron chi connectivity index (χ2n) is 9.43. The van der Waals surface area contributed by atoms with Crippen LogP contribution in [0.15, 0.2) is 0 Å². The lowest BCUT2D eigenvalue weighted by molar-refractivity contribution is -0.132. The van der Waals surface area contributed by atoms with Crippen molar-refractivity contribution in [1.29, 1.82) is 0 Å². The molecule has 5 fully saturated rings. The Kier molecular flexibility index (Phi) is 4.78. The molecule has 0 spiro atoms. The third-order valence-electron chi connectivity index (χ3n) is 7.25. The number of carbonyl (C=O) groups is 2. The molecule has 1 saturated heterocycles. The summed E-state index contributed by atoms with van der Waals surface area (Å²) >= 11 is 0. The first-order valence-corrected chi connectivity index (χ1v) is 10.3. The Bertz CT molecular complexity index is 498. The van der Waals surface area contributed by atoms with Crippen LogP contribution in [0.4, 0.5) is 0 Å². The van der Waals surface area contributed by atoms with Gasteiger partial charge in [0.25, 0.3) is 0 Å². The van der Waals surface area contributed by atoms with Gasteiger partial charge in [-0.1, -0.05) is 0 Å². The number of hydrogen-bond donors (Lipinski definition) is 3. The van der Waals surface area contributed by atoms with Crippen LogP contribution in [-0.4, -0.2) is 37.0 Å². The molecule has 4 bridgehead atoms. The minimum atomic E-state index is -0.0561. The SMILES string of the molecule is CC1NCCCC1NC(=O)CNC(=O)CC12CC3CC(CC(C3)C1)C2. The van der Waals surface area contributed by atoms with E-state index in [0.717, 1.165) is 37.1 Å². The van der Waals surface area contributed by atoms with E-state index in [1.54, 1.807) is 0 Å². The quantitative estimate of drug-likeness (QED) is 0.712. The van der Waals surface area contributed by atoms with Gasteiger partial charge in [-0.25, -0.2) is 0 Å². The summed E-state index contributed by atoms with van der Waals surface area (Å²) in [6.45, 7) is 3.25. The highest BCUT2D eigenvalue weighted by molar-refractivity contribution is 5.85. The Balaban J connectivity index is 1.23. The molecule has 25 heavy (non-hydrogen) atoms. The number of hydrogen-bond acceptors (Lipinski definition) is 3. The lowest BCUT2D eigenvalue weighted by atomic mass is 9.49. The minimum absolute atomic E-state index is 0.0561. The summed E-state index contributed by atoms with van der Waals surface area (Å²) in [5.41, 5.74) is 0.247. The van der Waals surface area contributed by atoms with Crippen LogP contribution in [0, 0.1) is 23.2 Å². The Morgan fingerprint density at radius 3 is 2.28 bits per heavy atom. The van der Waals surface area contributed by atoms with Gasteiger partial charge in [0.05, 0.1) is 6.54 Å². The van der Waals surface area contributed by atoms with E-state index < -0.39 is 0 Å². The van der Waals surface area contributed by atoms with Crippen LogP contribution in [0.1, 0.15) is 64.7 Å². The van der Waals surface area contributed by atoms with Crippen molar-refractivity contribution in [3.05, 3.63) is 0 Å². The van der Waals surface area contributed by atoms with E-state index in [1.807, 2.05) is 0 Å². The molecule has 3 N–H and O–H groups in total. The maximum absolute atomic E-state index is 12.5. The number of nitrogens with one attached hydrogen (secondary N) is 3. The average Bonchev–Trinajstić information content (AvgIpc) is 2.53. The summed E-state index contributed by atoms with van der Waals surface area (Å²) in [5, 5.41) is 9.34. The van der Waals surface area contributed by atoms with Crippen LogP contribution in [0.5, 0.6) is 0 Å². The van der Waals surface area contributed by atoms with Crippen molar-refractivity contribution in [2.75, 3.05) is 13.1 Å². The predicted molar refractivity (Wildman–Crippen MR) is 96.9 cm³/mol. The van der Waals surface area contributed by atoms with Crippen molar-refractivity contribution >= 4 is 11.8 Å². The Morgan fingerprint density at radius 2 is 1.68 bits per heavy atom. The predicted octanol–water partition coefficient (Wildman–Crippen LogP) is 1.97. The molecule has 140 valence electrons. The highest BCUT2D eigenvalue weighted by Crippen LogP contribution is 2.61. The highest BCUT2D eigenvalue weighted by Gasteiger charge is 2.51. The molecule has 5 rings (SSSR count). The number of piperidine rings is 1. The smallest absolute Gasteiger partial charge is 0.239 e. The normalized spacial score (nSPS) is 42.2. The Morgan fingerprint density at radius 1 is 1.04 bits per heavy atom. The van der Waals surface area contributed by atoms with Gasteiger partial charge in [-0.3, -0.25) is 9.59 Å². The van der Waals surface area contributed by atoms with Gasteiger partial charge in [0, 0.05) is 18.5 Å². The number of carbonyl (C=O) groups excluding carboxylic acids is 2. The van der Waals surface area contributed by atoms with Crippen LogP contribution in [0.3, 0.4) is 0 Å². The maximum Gasteiger partial charge on any atom is 0.239 e. The third kappa shape index (κ3) is 3.86. The highest BCUT2D eigenvalue weighted by atomic mass is 16.2. The van der Waals surface area contributed by atoms with E-state index in [-0.39, 0.29) is 29.8 Å². The van der Waals surface area contributed by atoms with Gasteiger partial charge in [0.15, 0.2) is 0 Å². The summed E-state index contributed by atoms with van der Waals surface area (Å²) in [6.07, 6.45) is 10.7. The van der Waals surface area contributed by atoms with Crippen LogP contribution in [-0.2, 0) is 9.59 Å². The standard InChI is InChI=1S/C20H33N3O2/c1-13-17(3-2-4-21-13)23-19(25)12-22-18(24)11-20-8-14-5-15(9-20)7-16(6-14)10-20/h13-17,21H,2-12H2,1H3,(H,22,24)(H,23,25). The molecule has 2 unspecified atom stereocenters. The molecule has 0 aromatic heterocycles. The molecule has 4 saturated carbocycles. The monoisotopic (exact) mass is 347 g/mol. The van der Waals surface area contributed by atoms with Gasteiger partial charge in [0.1, 0.15) is 0 Å². The van der Waals surface area contributed by atoms with Crippen LogP contribution >= 0.6 is 0 Å². The minimum Gasteiger partial charge on any atom is -0.350 e. The van der Waals surface area contributed by atoms with Gasteiger partial charge in [-0.2, -0.15) is 0 Å². The summed E-state index contributed by atoms with van der Waals surface area (Å²) < 4.78 is 0. The lowest BCUT2D eigenvalue weighted by Crippen LogP contribution is -2.54. The first-order chi connectivity index (χ1) is 12.0.